The van der Waals surface area contributed by atoms with E-state index in [2.05, 4.69) is 38.2 Å². The zero-order valence-electron chi connectivity index (χ0n) is 37.7. The van der Waals surface area contributed by atoms with Gasteiger partial charge < -0.3 is 20.3 Å². The van der Waals surface area contributed by atoms with Crippen molar-refractivity contribution in [1.29, 1.82) is 0 Å². The third-order valence-corrected chi connectivity index (χ3v) is 11.0. The van der Waals surface area contributed by atoms with E-state index in [-0.39, 0.29) is 24.9 Å². The number of unbranched alkanes of at least 4 members (excludes halogenated alkanes) is 26. The lowest BCUT2D eigenvalue weighted by Gasteiger charge is -2.24. The normalized spacial score (nSPS) is 13.7. The molecule has 0 saturated carbocycles. The number of rotatable bonds is 43. The molecule has 0 rings (SSSR count). The standard InChI is InChI=1S/C51H93NO5/c1-4-7-10-13-16-19-22-23-24-25-26-29-31-34-37-40-43-49(54)48(46-53)52-50(55)45-47(42-39-36-33-30-27-20-17-14-11-8-5-2)57-51(56)44-41-38-35-32-28-21-18-15-12-9-6-3/h8,11,14,17,20,27,30,33,47-49,53-54H,4-7,9-10,12-13,15-16,18-19,21-26,28-29,31-32,34-46H2,1-3H3,(H,52,55)/b11-8+,17-14+,27-20-,33-30-. The van der Waals surface area contributed by atoms with Crippen LogP contribution in [-0.2, 0) is 14.3 Å². The Labute approximate surface area is 353 Å². The fraction of sp³-hybridized carbons (Fsp3) is 0.804. The minimum Gasteiger partial charge on any atom is -0.462 e. The van der Waals surface area contributed by atoms with Crippen molar-refractivity contribution in [1.82, 2.24) is 5.32 Å². The molecule has 0 heterocycles. The summed E-state index contributed by atoms with van der Waals surface area (Å²) >= 11 is 0. The molecule has 0 aromatic carbocycles. The van der Waals surface area contributed by atoms with Gasteiger partial charge in [0, 0.05) is 6.42 Å². The Balaban J connectivity index is 4.55. The van der Waals surface area contributed by atoms with Gasteiger partial charge in [-0.15, -0.1) is 0 Å². The number of carbonyl (C=O) groups excluding carboxylic acids is 2. The van der Waals surface area contributed by atoms with E-state index in [1.165, 1.54) is 135 Å². The zero-order chi connectivity index (χ0) is 41.7. The van der Waals surface area contributed by atoms with Crippen molar-refractivity contribution in [2.45, 2.75) is 257 Å². The van der Waals surface area contributed by atoms with Crippen LogP contribution in [0.5, 0.6) is 0 Å². The number of allylic oxidation sites excluding steroid dienone is 8. The lowest BCUT2D eigenvalue weighted by atomic mass is 10.0. The highest BCUT2D eigenvalue weighted by Crippen LogP contribution is 2.17. The molecular weight excluding hydrogens is 707 g/mol. The van der Waals surface area contributed by atoms with E-state index in [9.17, 15) is 19.8 Å². The molecule has 0 fully saturated rings. The Kier molecular flexibility index (Phi) is 43.2. The monoisotopic (exact) mass is 800 g/mol. The van der Waals surface area contributed by atoms with Gasteiger partial charge in [0.25, 0.3) is 0 Å². The van der Waals surface area contributed by atoms with Crippen molar-refractivity contribution >= 4 is 11.9 Å². The molecule has 0 aliphatic rings. The minimum absolute atomic E-state index is 0.0337. The van der Waals surface area contributed by atoms with E-state index in [1.807, 2.05) is 36.5 Å². The molecule has 6 nitrogen and oxygen atoms in total. The van der Waals surface area contributed by atoms with E-state index in [0.29, 0.717) is 19.3 Å². The molecule has 1 amide bonds. The smallest absolute Gasteiger partial charge is 0.306 e. The number of esters is 1. The van der Waals surface area contributed by atoms with Gasteiger partial charge in [0.1, 0.15) is 6.10 Å². The molecule has 0 spiro atoms. The number of aliphatic hydroxyl groups is 2. The topological polar surface area (TPSA) is 95.9 Å². The number of carbonyl (C=O) groups is 2. The SMILES string of the molecule is CC/C=C/C=C/C=C\C=C/CCCC(CC(=O)NC(CO)C(O)CCCCCCCCCCCCCCCCCC)OC(=O)CCCCCCCCCCCCC. The summed E-state index contributed by atoms with van der Waals surface area (Å²) in [5.74, 6) is -0.539. The first-order chi connectivity index (χ1) is 28.0. The molecule has 3 atom stereocenters. The highest BCUT2D eigenvalue weighted by Gasteiger charge is 2.24. The van der Waals surface area contributed by atoms with Gasteiger partial charge in [-0.25, -0.2) is 0 Å². The number of nitrogens with one attached hydrogen (secondary N) is 1. The highest BCUT2D eigenvalue weighted by atomic mass is 16.5. The highest BCUT2D eigenvalue weighted by molar-refractivity contribution is 5.77. The van der Waals surface area contributed by atoms with Crippen molar-refractivity contribution in [3.8, 4) is 0 Å². The molecule has 0 aliphatic carbocycles. The Hall–Kier alpha value is -2.18. The van der Waals surface area contributed by atoms with Crippen LogP contribution < -0.4 is 5.32 Å². The Morgan fingerprint density at radius 2 is 0.947 bits per heavy atom. The first-order valence-corrected chi connectivity index (χ1v) is 24.4. The summed E-state index contributed by atoms with van der Waals surface area (Å²) in [7, 11) is 0. The number of ether oxygens (including phenoxy) is 1. The van der Waals surface area contributed by atoms with E-state index >= 15 is 0 Å². The van der Waals surface area contributed by atoms with Gasteiger partial charge in [-0.2, -0.15) is 0 Å². The maximum absolute atomic E-state index is 13.1. The van der Waals surface area contributed by atoms with Crippen LogP contribution in [0.3, 0.4) is 0 Å². The quantitative estimate of drug-likeness (QED) is 0.0324. The van der Waals surface area contributed by atoms with Crippen molar-refractivity contribution in [2.75, 3.05) is 6.61 Å². The molecule has 3 N–H and O–H groups in total. The Morgan fingerprint density at radius 3 is 1.40 bits per heavy atom. The zero-order valence-corrected chi connectivity index (χ0v) is 37.7. The van der Waals surface area contributed by atoms with Crippen molar-refractivity contribution in [3.63, 3.8) is 0 Å². The molecule has 0 bridgehead atoms. The van der Waals surface area contributed by atoms with Gasteiger partial charge in [-0.1, -0.05) is 236 Å². The maximum Gasteiger partial charge on any atom is 0.306 e. The summed E-state index contributed by atoms with van der Waals surface area (Å²) < 4.78 is 5.87. The lowest BCUT2D eigenvalue weighted by molar-refractivity contribution is -0.151. The first kappa shape index (κ1) is 54.8. The van der Waals surface area contributed by atoms with Crippen LogP contribution in [0, 0.1) is 0 Å². The van der Waals surface area contributed by atoms with Gasteiger partial charge in [0.2, 0.25) is 5.91 Å². The largest absolute Gasteiger partial charge is 0.462 e. The number of amides is 1. The van der Waals surface area contributed by atoms with Gasteiger partial charge in [-0.3, -0.25) is 9.59 Å². The summed E-state index contributed by atoms with van der Waals surface area (Å²) in [6.45, 7) is 6.31. The number of hydrogen-bond donors (Lipinski definition) is 3. The molecule has 0 aromatic rings. The van der Waals surface area contributed by atoms with Crippen LogP contribution in [0.2, 0.25) is 0 Å². The van der Waals surface area contributed by atoms with Crippen LogP contribution in [0.1, 0.15) is 239 Å². The number of hydrogen-bond acceptors (Lipinski definition) is 5. The molecule has 3 unspecified atom stereocenters. The van der Waals surface area contributed by atoms with Crippen LogP contribution in [0.4, 0.5) is 0 Å². The van der Waals surface area contributed by atoms with Gasteiger partial charge >= 0.3 is 5.97 Å². The third kappa shape index (κ3) is 40.4. The molecule has 0 aromatic heterocycles. The molecule has 0 aliphatic heterocycles. The van der Waals surface area contributed by atoms with E-state index in [0.717, 1.165) is 57.8 Å². The molecule has 57 heavy (non-hydrogen) atoms. The predicted molar refractivity (Wildman–Crippen MR) is 245 cm³/mol. The summed E-state index contributed by atoms with van der Waals surface area (Å²) in [5.41, 5.74) is 0. The third-order valence-electron chi connectivity index (χ3n) is 11.0. The van der Waals surface area contributed by atoms with Crippen LogP contribution >= 0.6 is 0 Å². The van der Waals surface area contributed by atoms with Gasteiger partial charge in [0.15, 0.2) is 0 Å². The Bertz CT molecular complexity index is 988. The summed E-state index contributed by atoms with van der Waals surface area (Å²) in [6, 6.07) is -0.720. The number of aliphatic hydroxyl groups excluding tert-OH is 2. The summed E-state index contributed by atoms with van der Waals surface area (Å²) in [4.78, 5) is 26.0. The average molecular weight is 800 g/mol. The fourth-order valence-corrected chi connectivity index (χ4v) is 7.33. The van der Waals surface area contributed by atoms with Crippen LogP contribution in [0.15, 0.2) is 48.6 Å². The van der Waals surface area contributed by atoms with Crippen molar-refractivity contribution in [2.24, 2.45) is 0 Å². The Morgan fingerprint density at radius 1 is 0.526 bits per heavy atom. The van der Waals surface area contributed by atoms with E-state index in [1.54, 1.807) is 0 Å². The average Bonchev–Trinajstić information content (AvgIpc) is 3.20. The second-order valence-corrected chi connectivity index (χ2v) is 16.6. The lowest BCUT2D eigenvalue weighted by Crippen LogP contribution is -2.46. The second kappa shape index (κ2) is 44.9. The van der Waals surface area contributed by atoms with Gasteiger partial charge in [0.05, 0.1) is 25.2 Å². The predicted octanol–water partition coefficient (Wildman–Crippen LogP) is 14.3. The van der Waals surface area contributed by atoms with E-state index in [4.69, 9.17) is 4.74 Å². The summed E-state index contributed by atoms with van der Waals surface area (Å²) in [5, 5.41) is 23.7. The molecule has 0 radical (unpaired) electrons. The maximum atomic E-state index is 13.1. The molecular formula is C51H93NO5. The van der Waals surface area contributed by atoms with E-state index < -0.39 is 18.2 Å². The molecule has 332 valence electrons. The van der Waals surface area contributed by atoms with Crippen molar-refractivity contribution in [3.05, 3.63) is 48.6 Å². The minimum atomic E-state index is -0.802. The second-order valence-electron chi connectivity index (χ2n) is 16.6. The molecule has 6 heteroatoms. The van der Waals surface area contributed by atoms with Gasteiger partial charge in [-0.05, 0) is 38.5 Å². The first-order valence-electron chi connectivity index (χ1n) is 24.4. The summed E-state index contributed by atoms with van der Waals surface area (Å²) in [6.07, 6.45) is 53.2. The fourth-order valence-electron chi connectivity index (χ4n) is 7.33. The van der Waals surface area contributed by atoms with Crippen LogP contribution in [0.25, 0.3) is 0 Å². The van der Waals surface area contributed by atoms with Crippen LogP contribution in [-0.4, -0.2) is 46.9 Å². The molecule has 0 saturated heterocycles. The van der Waals surface area contributed by atoms with Crippen molar-refractivity contribution < 1.29 is 24.5 Å².